The van der Waals surface area contributed by atoms with Gasteiger partial charge >= 0.3 is 29.6 Å². The van der Waals surface area contributed by atoms with Crippen LogP contribution in [-0.2, 0) is 10.1 Å². The Morgan fingerprint density at radius 2 is 1.17 bits per heavy atom. The molecule has 1 N–H and O–H groups in total. The number of aliphatic hydroxyl groups is 1. The van der Waals surface area contributed by atoms with Crippen molar-refractivity contribution in [2.24, 2.45) is 0 Å². The first kappa shape index (κ1) is 27.1. The summed E-state index contributed by atoms with van der Waals surface area (Å²) in [7, 11) is -4.12. The van der Waals surface area contributed by atoms with E-state index in [0.29, 0.717) is 12.8 Å². The van der Waals surface area contributed by atoms with Crippen LogP contribution in [0.5, 0.6) is 0 Å². The van der Waals surface area contributed by atoms with Crippen molar-refractivity contribution in [1.29, 1.82) is 0 Å². The van der Waals surface area contributed by atoms with Crippen LogP contribution < -0.4 is 29.6 Å². The molecule has 0 amide bonds. The van der Waals surface area contributed by atoms with Crippen molar-refractivity contribution in [3.63, 3.8) is 0 Å². The summed E-state index contributed by atoms with van der Waals surface area (Å²) < 4.78 is 33.6. The maximum atomic E-state index is 11.2. The van der Waals surface area contributed by atoms with E-state index in [4.69, 9.17) is 5.11 Å². The third-order valence-electron chi connectivity index (χ3n) is 4.44. The minimum absolute atomic E-state index is 0. The molecule has 0 aromatic heterocycles. The van der Waals surface area contributed by atoms with Gasteiger partial charge in [0.1, 0.15) is 0 Å². The van der Waals surface area contributed by atoms with E-state index in [1.165, 1.54) is 32.1 Å². The molecule has 24 heavy (non-hydrogen) atoms. The number of unbranched alkanes of at least 4 members (excludes halogenated alkanes) is 9. The zero-order chi connectivity index (χ0) is 17.6. The van der Waals surface area contributed by atoms with Crippen molar-refractivity contribution in [3.05, 3.63) is 0 Å². The summed E-state index contributed by atoms with van der Waals surface area (Å²) in [5, 5.41) is 8.49. The van der Waals surface area contributed by atoms with Crippen molar-refractivity contribution >= 4 is 10.1 Å². The molecule has 2 atom stereocenters. The zero-order valence-electron chi connectivity index (χ0n) is 16.1. The van der Waals surface area contributed by atoms with Gasteiger partial charge < -0.3 is 9.66 Å². The summed E-state index contributed by atoms with van der Waals surface area (Å²) in [5.41, 5.74) is 0. The average Bonchev–Trinajstić information content (AvgIpc) is 2.46. The average molecular weight is 373 g/mol. The van der Waals surface area contributed by atoms with Crippen LogP contribution in [0.15, 0.2) is 0 Å². The summed E-state index contributed by atoms with van der Waals surface area (Å²) in [6.07, 6.45) is 13.8. The molecule has 2 unspecified atom stereocenters. The maximum absolute atomic E-state index is 11.2. The first-order valence-electron chi connectivity index (χ1n) is 9.50. The molecule has 0 fully saturated rings. The Bertz CT molecular complexity index is 358. The molecule has 0 aliphatic heterocycles. The van der Waals surface area contributed by atoms with Crippen LogP contribution in [0.3, 0.4) is 0 Å². The van der Waals surface area contributed by atoms with Crippen LogP contribution in [0.1, 0.15) is 104 Å². The number of rotatable bonds is 16. The molecular weight excluding hydrogens is 335 g/mol. The molecule has 0 radical (unpaired) electrons. The predicted octanol–water partition coefficient (Wildman–Crippen LogP) is 1.77. The zero-order valence-corrected chi connectivity index (χ0v) is 19.0. The van der Waals surface area contributed by atoms with Crippen molar-refractivity contribution in [2.45, 2.75) is 115 Å². The van der Waals surface area contributed by atoms with Crippen LogP contribution in [0.25, 0.3) is 0 Å². The van der Waals surface area contributed by atoms with Crippen LogP contribution in [0, 0.1) is 0 Å². The summed E-state index contributed by atoms with van der Waals surface area (Å²) in [5.74, 6) is 0. The van der Waals surface area contributed by atoms with Crippen LogP contribution in [0.2, 0.25) is 0 Å². The standard InChI is InChI=1S/C18H38O4S.Na/c1-3-4-15-18(23(20,21)22)16-13-11-9-7-5-6-8-10-12-14-17(2)19;/h17-19H,3-16H2,1-2H3,(H,20,21,22);/q;+1/p-1. The molecule has 0 saturated heterocycles. The molecule has 140 valence electrons. The molecule has 0 rings (SSSR count). The number of aliphatic hydroxyl groups excluding tert-OH is 1. The largest absolute Gasteiger partial charge is 1.00 e. The van der Waals surface area contributed by atoms with E-state index < -0.39 is 15.4 Å². The SMILES string of the molecule is CCCCC(CCCCCCCCCCCC(C)O)S(=O)(=O)[O-].[Na+]. The molecule has 6 heteroatoms. The Balaban J connectivity index is 0. The molecule has 0 aliphatic carbocycles. The Kier molecular flexibility index (Phi) is 19.5. The van der Waals surface area contributed by atoms with Gasteiger partial charge in [-0.3, -0.25) is 0 Å². The molecule has 0 aliphatic rings. The van der Waals surface area contributed by atoms with Crippen molar-refractivity contribution in [1.82, 2.24) is 0 Å². The van der Waals surface area contributed by atoms with Gasteiger partial charge in [0.05, 0.1) is 16.2 Å². The van der Waals surface area contributed by atoms with Gasteiger partial charge in [-0.05, 0) is 26.2 Å². The van der Waals surface area contributed by atoms with E-state index in [9.17, 15) is 13.0 Å². The molecule has 0 aromatic carbocycles. The fourth-order valence-electron chi connectivity index (χ4n) is 2.91. The second kappa shape index (κ2) is 17.3. The van der Waals surface area contributed by atoms with Gasteiger partial charge in [0, 0.05) is 5.25 Å². The second-order valence-electron chi connectivity index (χ2n) is 6.87. The Morgan fingerprint density at radius 1 is 0.792 bits per heavy atom. The normalized spacial score (nSPS) is 14.2. The van der Waals surface area contributed by atoms with Gasteiger partial charge in [-0.15, -0.1) is 0 Å². The quantitative estimate of drug-likeness (QED) is 0.254. The van der Waals surface area contributed by atoms with Gasteiger partial charge in [-0.1, -0.05) is 77.6 Å². The van der Waals surface area contributed by atoms with Gasteiger partial charge in [0.2, 0.25) is 0 Å². The predicted molar refractivity (Wildman–Crippen MR) is 95.5 cm³/mol. The fraction of sp³-hybridized carbons (Fsp3) is 1.00. The van der Waals surface area contributed by atoms with E-state index in [-0.39, 0.29) is 35.7 Å². The van der Waals surface area contributed by atoms with Crippen molar-refractivity contribution in [3.8, 4) is 0 Å². The fourth-order valence-corrected chi connectivity index (χ4v) is 3.82. The van der Waals surface area contributed by atoms with Gasteiger partial charge in [0.15, 0.2) is 0 Å². The molecule has 0 aromatic rings. The molecular formula is C18H37NaO4S. The minimum atomic E-state index is -4.12. The van der Waals surface area contributed by atoms with E-state index in [1.807, 2.05) is 13.8 Å². The van der Waals surface area contributed by atoms with E-state index in [2.05, 4.69) is 0 Å². The third kappa shape index (κ3) is 17.7. The van der Waals surface area contributed by atoms with Crippen molar-refractivity contribution < 1.29 is 47.6 Å². The number of hydrogen-bond acceptors (Lipinski definition) is 4. The van der Waals surface area contributed by atoms with Gasteiger partial charge in [-0.2, -0.15) is 0 Å². The maximum Gasteiger partial charge on any atom is 1.00 e. The molecule has 4 nitrogen and oxygen atoms in total. The monoisotopic (exact) mass is 372 g/mol. The second-order valence-corrected chi connectivity index (χ2v) is 8.52. The first-order valence-corrected chi connectivity index (χ1v) is 11.0. The smallest absolute Gasteiger partial charge is 0.748 e. The Morgan fingerprint density at radius 3 is 1.54 bits per heavy atom. The summed E-state index contributed by atoms with van der Waals surface area (Å²) in [4.78, 5) is 0. The topological polar surface area (TPSA) is 77.4 Å². The van der Waals surface area contributed by atoms with E-state index in [1.54, 1.807) is 0 Å². The first-order chi connectivity index (χ1) is 10.9. The van der Waals surface area contributed by atoms with Crippen LogP contribution >= 0.6 is 0 Å². The number of hydrogen-bond donors (Lipinski definition) is 1. The van der Waals surface area contributed by atoms with E-state index in [0.717, 1.165) is 44.9 Å². The minimum Gasteiger partial charge on any atom is -0.748 e. The molecule has 0 saturated carbocycles. The summed E-state index contributed by atoms with van der Waals surface area (Å²) >= 11 is 0. The van der Waals surface area contributed by atoms with E-state index >= 15 is 0 Å². The third-order valence-corrected chi connectivity index (χ3v) is 5.72. The Labute approximate surface area is 172 Å². The molecule has 0 spiro atoms. The summed E-state index contributed by atoms with van der Waals surface area (Å²) in [6, 6.07) is 0. The summed E-state index contributed by atoms with van der Waals surface area (Å²) in [6.45, 7) is 3.85. The Hall–Kier alpha value is 0.870. The van der Waals surface area contributed by atoms with Gasteiger partial charge in [0.25, 0.3) is 0 Å². The van der Waals surface area contributed by atoms with Gasteiger partial charge in [-0.25, -0.2) is 8.42 Å². The van der Waals surface area contributed by atoms with Crippen LogP contribution in [-0.4, -0.2) is 29.4 Å². The van der Waals surface area contributed by atoms with Crippen molar-refractivity contribution in [2.75, 3.05) is 0 Å². The molecule has 0 bridgehead atoms. The molecule has 0 heterocycles. The van der Waals surface area contributed by atoms with Crippen LogP contribution in [0.4, 0.5) is 0 Å².